The first-order valence-corrected chi connectivity index (χ1v) is 4.16. The molecule has 6 heteroatoms. The van der Waals surface area contributed by atoms with E-state index < -0.39 is 4.92 Å². The Kier molecular flexibility index (Phi) is 2.09. The Bertz CT molecular complexity index is 490. The van der Waals surface area contributed by atoms with Crippen molar-refractivity contribution in [1.82, 2.24) is 9.97 Å². The molecule has 0 bridgehead atoms. The summed E-state index contributed by atoms with van der Waals surface area (Å²) < 4.78 is 0. The molecule has 2 rings (SSSR count). The fraction of sp³-hybridized carbons (Fsp3) is 0. The number of non-ortho nitro benzene ring substituents is 1. The maximum Gasteiger partial charge on any atom is 0.291 e. The Balaban J connectivity index is 2.35. The first-order valence-electron chi connectivity index (χ1n) is 4.16. The van der Waals surface area contributed by atoms with Crippen LogP contribution >= 0.6 is 0 Å². The summed E-state index contributed by atoms with van der Waals surface area (Å²) in [6.45, 7) is 0. The van der Waals surface area contributed by atoms with Gasteiger partial charge in [0, 0.05) is 23.9 Å². The lowest BCUT2D eigenvalue weighted by Crippen LogP contribution is -1.87. The molecule has 0 unspecified atom stereocenters. The van der Waals surface area contributed by atoms with Crippen LogP contribution in [-0.2, 0) is 0 Å². The Morgan fingerprint density at radius 3 is 2.47 bits per heavy atom. The van der Waals surface area contributed by atoms with Gasteiger partial charge in [0.15, 0.2) is 0 Å². The van der Waals surface area contributed by atoms with Gasteiger partial charge in [-0.2, -0.15) is 4.98 Å². The number of aromatic hydroxyl groups is 1. The van der Waals surface area contributed by atoms with Gasteiger partial charge in [-0.25, -0.2) is 0 Å². The number of nitrogens with one attached hydrogen (secondary N) is 1. The number of benzene rings is 1. The van der Waals surface area contributed by atoms with Gasteiger partial charge in [-0.1, -0.05) is 0 Å². The van der Waals surface area contributed by atoms with Gasteiger partial charge in [-0.3, -0.25) is 10.1 Å². The molecule has 0 spiro atoms. The molecule has 1 aromatic heterocycles. The zero-order valence-electron chi connectivity index (χ0n) is 7.54. The Morgan fingerprint density at radius 2 is 2.00 bits per heavy atom. The van der Waals surface area contributed by atoms with Gasteiger partial charge in [0.1, 0.15) is 0 Å². The maximum absolute atomic E-state index is 10.4. The van der Waals surface area contributed by atoms with E-state index in [9.17, 15) is 10.1 Å². The minimum atomic E-state index is -0.466. The monoisotopic (exact) mass is 205 g/mol. The van der Waals surface area contributed by atoms with E-state index in [4.69, 9.17) is 5.11 Å². The van der Waals surface area contributed by atoms with E-state index in [2.05, 4.69) is 9.97 Å². The van der Waals surface area contributed by atoms with Crippen molar-refractivity contribution < 1.29 is 10.0 Å². The smallest absolute Gasteiger partial charge is 0.291 e. The molecule has 0 aliphatic rings. The average molecular weight is 205 g/mol. The number of imidazole rings is 1. The van der Waals surface area contributed by atoms with Crippen molar-refractivity contribution in [2.45, 2.75) is 0 Å². The second-order valence-electron chi connectivity index (χ2n) is 2.91. The lowest BCUT2D eigenvalue weighted by molar-refractivity contribution is -0.384. The van der Waals surface area contributed by atoms with Crippen LogP contribution in [0.4, 0.5) is 5.69 Å². The van der Waals surface area contributed by atoms with Crippen LogP contribution in [0.25, 0.3) is 11.3 Å². The summed E-state index contributed by atoms with van der Waals surface area (Å²) in [5, 5.41) is 19.4. The molecule has 76 valence electrons. The van der Waals surface area contributed by atoms with Crippen molar-refractivity contribution in [3.05, 3.63) is 40.6 Å². The van der Waals surface area contributed by atoms with Crippen LogP contribution in [0.5, 0.6) is 6.01 Å². The molecule has 1 aromatic carbocycles. The number of nitro groups is 1. The molecule has 15 heavy (non-hydrogen) atoms. The number of aromatic nitrogens is 2. The third kappa shape index (κ3) is 1.78. The van der Waals surface area contributed by atoms with E-state index in [1.165, 1.54) is 18.3 Å². The largest absolute Gasteiger partial charge is 0.480 e. The highest BCUT2D eigenvalue weighted by Gasteiger charge is 2.06. The summed E-state index contributed by atoms with van der Waals surface area (Å²) in [5.74, 6) is 0. The number of nitrogens with zero attached hydrogens (tertiary/aromatic N) is 2. The van der Waals surface area contributed by atoms with Crippen molar-refractivity contribution in [2.24, 2.45) is 0 Å². The van der Waals surface area contributed by atoms with Gasteiger partial charge in [0.2, 0.25) is 0 Å². The van der Waals surface area contributed by atoms with Crippen LogP contribution in [0.3, 0.4) is 0 Å². The molecule has 2 N–H and O–H groups in total. The second-order valence-corrected chi connectivity index (χ2v) is 2.91. The van der Waals surface area contributed by atoms with Gasteiger partial charge in [0.25, 0.3) is 11.7 Å². The zero-order chi connectivity index (χ0) is 10.8. The molecule has 0 saturated carbocycles. The van der Waals surface area contributed by atoms with E-state index in [1.54, 1.807) is 12.1 Å². The molecule has 0 amide bonds. The zero-order valence-corrected chi connectivity index (χ0v) is 7.54. The Morgan fingerprint density at radius 1 is 1.33 bits per heavy atom. The van der Waals surface area contributed by atoms with Gasteiger partial charge in [-0.15, -0.1) is 0 Å². The van der Waals surface area contributed by atoms with E-state index in [0.717, 1.165) is 0 Å². The predicted molar refractivity (Wildman–Crippen MR) is 52.3 cm³/mol. The number of nitro benzene ring substituents is 1. The standard InChI is InChI=1S/C9H7N3O3/c13-9-10-5-8(11-9)6-1-3-7(4-2-6)12(14)15/h1-5H,(H2,10,11,13). The molecule has 0 aliphatic heterocycles. The summed E-state index contributed by atoms with van der Waals surface area (Å²) in [6, 6.07) is 5.76. The summed E-state index contributed by atoms with van der Waals surface area (Å²) in [7, 11) is 0. The molecular formula is C9H7N3O3. The minimum absolute atomic E-state index is 0.0264. The second kappa shape index (κ2) is 3.41. The maximum atomic E-state index is 10.4. The SMILES string of the molecule is O=[N+]([O-])c1ccc(-c2c[nH]c(O)n2)cc1. The minimum Gasteiger partial charge on any atom is -0.480 e. The van der Waals surface area contributed by atoms with Crippen molar-refractivity contribution in [2.75, 3.05) is 0 Å². The Labute approximate surface area is 84.4 Å². The highest BCUT2D eigenvalue weighted by molar-refractivity contribution is 5.60. The normalized spacial score (nSPS) is 10.1. The van der Waals surface area contributed by atoms with Crippen molar-refractivity contribution in [1.29, 1.82) is 0 Å². The molecule has 1 heterocycles. The van der Waals surface area contributed by atoms with Crippen LogP contribution in [0, 0.1) is 10.1 Å². The third-order valence-electron chi connectivity index (χ3n) is 1.94. The van der Waals surface area contributed by atoms with E-state index in [1.807, 2.05) is 0 Å². The van der Waals surface area contributed by atoms with Gasteiger partial charge in [0.05, 0.1) is 10.6 Å². The number of aromatic amines is 1. The van der Waals surface area contributed by atoms with Gasteiger partial charge >= 0.3 is 0 Å². The molecule has 0 radical (unpaired) electrons. The first-order chi connectivity index (χ1) is 7.16. The number of H-pyrrole nitrogens is 1. The summed E-state index contributed by atoms with van der Waals surface area (Å²) in [4.78, 5) is 16.2. The summed E-state index contributed by atoms with van der Waals surface area (Å²) in [6.07, 6.45) is 1.52. The average Bonchev–Trinajstić information content (AvgIpc) is 2.65. The van der Waals surface area contributed by atoms with Crippen LogP contribution in [0.1, 0.15) is 0 Å². The van der Waals surface area contributed by atoms with Gasteiger partial charge in [-0.05, 0) is 12.1 Å². The van der Waals surface area contributed by atoms with Crippen LogP contribution in [0.15, 0.2) is 30.5 Å². The molecule has 0 atom stereocenters. The predicted octanol–water partition coefficient (Wildman–Crippen LogP) is 1.69. The number of hydrogen-bond acceptors (Lipinski definition) is 4. The fourth-order valence-electron chi connectivity index (χ4n) is 1.21. The van der Waals surface area contributed by atoms with E-state index >= 15 is 0 Å². The number of hydrogen-bond donors (Lipinski definition) is 2. The lowest BCUT2D eigenvalue weighted by atomic mass is 10.1. The van der Waals surface area contributed by atoms with E-state index in [0.29, 0.717) is 11.3 Å². The first kappa shape index (κ1) is 9.20. The molecular weight excluding hydrogens is 198 g/mol. The Hall–Kier alpha value is -2.37. The third-order valence-corrected chi connectivity index (χ3v) is 1.94. The van der Waals surface area contributed by atoms with Crippen molar-refractivity contribution >= 4 is 5.69 Å². The van der Waals surface area contributed by atoms with Crippen LogP contribution < -0.4 is 0 Å². The highest BCUT2D eigenvalue weighted by atomic mass is 16.6. The molecule has 6 nitrogen and oxygen atoms in total. The molecule has 0 aliphatic carbocycles. The molecule has 2 aromatic rings. The van der Waals surface area contributed by atoms with Crippen molar-refractivity contribution in [3.63, 3.8) is 0 Å². The number of rotatable bonds is 2. The topological polar surface area (TPSA) is 92.0 Å². The van der Waals surface area contributed by atoms with Gasteiger partial charge < -0.3 is 10.1 Å². The summed E-state index contributed by atoms with van der Waals surface area (Å²) in [5.41, 5.74) is 1.28. The molecule has 0 fully saturated rings. The van der Waals surface area contributed by atoms with E-state index in [-0.39, 0.29) is 11.7 Å². The lowest BCUT2D eigenvalue weighted by Gasteiger charge is -1.95. The quantitative estimate of drug-likeness (QED) is 0.576. The molecule has 0 saturated heterocycles. The van der Waals surface area contributed by atoms with Crippen LogP contribution in [0.2, 0.25) is 0 Å². The summed E-state index contributed by atoms with van der Waals surface area (Å²) >= 11 is 0. The van der Waals surface area contributed by atoms with Crippen LogP contribution in [-0.4, -0.2) is 20.0 Å². The fourth-order valence-corrected chi connectivity index (χ4v) is 1.21. The van der Waals surface area contributed by atoms with Crippen molar-refractivity contribution in [3.8, 4) is 17.3 Å². The highest BCUT2D eigenvalue weighted by Crippen LogP contribution is 2.21.